The molecule has 0 radical (unpaired) electrons. The second kappa shape index (κ2) is 5.54. The van der Waals surface area contributed by atoms with Gasteiger partial charge in [0.15, 0.2) is 0 Å². The highest BCUT2D eigenvalue weighted by atomic mass is 16.3. The van der Waals surface area contributed by atoms with Gasteiger partial charge in [-0.05, 0) is 44.6 Å². The maximum atomic E-state index is 10.00. The van der Waals surface area contributed by atoms with E-state index in [9.17, 15) is 5.11 Å². The molecule has 19 heavy (non-hydrogen) atoms. The summed E-state index contributed by atoms with van der Waals surface area (Å²) in [6.45, 7) is 8.93. The van der Waals surface area contributed by atoms with Gasteiger partial charge >= 0.3 is 0 Å². The van der Waals surface area contributed by atoms with Gasteiger partial charge in [0, 0.05) is 17.6 Å². The zero-order chi connectivity index (χ0) is 14.0. The number of hydrogen-bond donors (Lipinski definition) is 2. The summed E-state index contributed by atoms with van der Waals surface area (Å²) in [6.07, 6.45) is 5.11. The first-order chi connectivity index (χ1) is 8.87. The summed E-state index contributed by atoms with van der Waals surface area (Å²) in [5, 5.41) is 13.7. The molecule has 2 unspecified atom stereocenters. The Balaban J connectivity index is 2.04. The Hall–Kier alpha value is -1.02. The Morgan fingerprint density at radius 2 is 2.11 bits per heavy atom. The third-order valence-electron chi connectivity index (χ3n) is 4.34. The molecule has 2 N–H and O–H groups in total. The number of rotatable bonds is 3. The second-order valence-corrected chi connectivity index (χ2v) is 6.91. The lowest BCUT2D eigenvalue weighted by atomic mass is 9.75. The molecule has 1 aliphatic rings. The molecule has 2 rings (SSSR count). The number of nitrogens with one attached hydrogen (secondary N) is 1. The van der Waals surface area contributed by atoms with Crippen LogP contribution in [0.3, 0.4) is 0 Å². The summed E-state index contributed by atoms with van der Waals surface area (Å²) >= 11 is 0. The lowest BCUT2D eigenvalue weighted by Gasteiger charge is -2.37. The molecule has 2 nitrogen and oxygen atoms in total. The molecule has 0 spiro atoms. The summed E-state index contributed by atoms with van der Waals surface area (Å²) in [5.74, 6) is 0.403. The molecule has 2 heteroatoms. The van der Waals surface area contributed by atoms with E-state index in [4.69, 9.17) is 0 Å². The lowest BCUT2D eigenvalue weighted by molar-refractivity contribution is 0.190. The van der Waals surface area contributed by atoms with Gasteiger partial charge in [0.05, 0.1) is 0 Å². The molecule has 1 aromatic rings. The van der Waals surface area contributed by atoms with Gasteiger partial charge in [0.1, 0.15) is 5.75 Å². The maximum Gasteiger partial charge on any atom is 0.120 e. The van der Waals surface area contributed by atoms with Crippen molar-refractivity contribution in [3.8, 4) is 5.75 Å². The third kappa shape index (κ3) is 3.73. The molecular formula is C17H27NO. The first-order valence-corrected chi connectivity index (χ1v) is 7.43. The number of benzene rings is 1. The number of phenols is 1. The highest BCUT2D eigenvalue weighted by Crippen LogP contribution is 2.36. The van der Waals surface area contributed by atoms with Gasteiger partial charge < -0.3 is 10.4 Å². The monoisotopic (exact) mass is 261 g/mol. The molecular weight excluding hydrogens is 234 g/mol. The summed E-state index contributed by atoms with van der Waals surface area (Å²) < 4.78 is 0. The normalized spacial score (nSPS) is 24.1. The van der Waals surface area contributed by atoms with Gasteiger partial charge in [-0.2, -0.15) is 0 Å². The van der Waals surface area contributed by atoms with Crippen LogP contribution in [-0.4, -0.2) is 11.1 Å². The third-order valence-corrected chi connectivity index (χ3v) is 4.34. The van der Waals surface area contributed by atoms with E-state index in [1.54, 1.807) is 6.07 Å². The van der Waals surface area contributed by atoms with Crippen LogP contribution in [0.25, 0.3) is 0 Å². The molecule has 1 aromatic carbocycles. The molecule has 0 bridgehead atoms. The molecule has 1 fully saturated rings. The lowest BCUT2D eigenvalue weighted by Crippen LogP contribution is -2.38. The van der Waals surface area contributed by atoms with Crippen molar-refractivity contribution in [2.75, 3.05) is 0 Å². The first kappa shape index (κ1) is 14.4. The Kier molecular flexibility index (Phi) is 4.19. The zero-order valence-corrected chi connectivity index (χ0v) is 12.7. The van der Waals surface area contributed by atoms with Crippen molar-refractivity contribution >= 4 is 0 Å². The number of hydrogen-bond acceptors (Lipinski definition) is 2. The molecule has 0 amide bonds. The highest BCUT2D eigenvalue weighted by molar-refractivity contribution is 5.37. The van der Waals surface area contributed by atoms with Crippen molar-refractivity contribution in [1.29, 1.82) is 0 Å². The topological polar surface area (TPSA) is 32.3 Å². The molecule has 1 saturated carbocycles. The maximum absolute atomic E-state index is 10.00. The van der Waals surface area contributed by atoms with E-state index in [1.807, 2.05) is 6.07 Å². The standard InChI is InChI=1S/C17H27NO/c1-12-7-8-16(19)15(10-12)13(2)18-14-6-5-9-17(3,4)11-14/h7-8,10,13-14,18-19H,5-6,9,11H2,1-4H3. The van der Waals surface area contributed by atoms with Crippen molar-refractivity contribution < 1.29 is 5.11 Å². The minimum absolute atomic E-state index is 0.207. The molecule has 0 saturated heterocycles. The van der Waals surface area contributed by atoms with Crippen LogP contribution in [0.5, 0.6) is 5.75 Å². The fraction of sp³-hybridized carbons (Fsp3) is 0.647. The van der Waals surface area contributed by atoms with Gasteiger partial charge in [-0.3, -0.25) is 0 Å². The van der Waals surface area contributed by atoms with Crippen molar-refractivity contribution in [1.82, 2.24) is 5.32 Å². The summed E-state index contributed by atoms with van der Waals surface area (Å²) in [6, 6.07) is 6.61. The Morgan fingerprint density at radius 3 is 2.79 bits per heavy atom. The average Bonchev–Trinajstić information content (AvgIpc) is 2.31. The van der Waals surface area contributed by atoms with Crippen molar-refractivity contribution in [3.63, 3.8) is 0 Å². The van der Waals surface area contributed by atoms with E-state index in [-0.39, 0.29) is 6.04 Å². The van der Waals surface area contributed by atoms with Crippen molar-refractivity contribution in [2.24, 2.45) is 5.41 Å². The number of phenolic OH excluding ortho intramolecular Hbond substituents is 1. The number of aryl methyl sites for hydroxylation is 1. The fourth-order valence-electron chi connectivity index (χ4n) is 3.30. The van der Waals surface area contributed by atoms with Crippen LogP contribution < -0.4 is 5.32 Å². The second-order valence-electron chi connectivity index (χ2n) is 6.91. The van der Waals surface area contributed by atoms with E-state index in [1.165, 1.54) is 31.2 Å². The van der Waals surface area contributed by atoms with E-state index < -0.39 is 0 Å². The minimum atomic E-state index is 0.207. The van der Waals surface area contributed by atoms with E-state index >= 15 is 0 Å². The fourth-order valence-corrected chi connectivity index (χ4v) is 3.30. The van der Waals surface area contributed by atoms with Crippen molar-refractivity contribution in [3.05, 3.63) is 29.3 Å². The van der Waals surface area contributed by atoms with Crippen LogP contribution in [0.1, 0.15) is 63.6 Å². The Morgan fingerprint density at radius 1 is 1.37 bits per heavy atom. The van der Waals surface area contributed by atoms with Crippen LogP contribution in [0.4, 0.5) is 0 Å². The molecule has 1 aliphatic carbocycles. The van der Waals surface area contributed by atoms with Crippen LogP contribution in [0, 0.1) is 12.3 Å². The van der Waals surface area contributed by atoms with Crippen LogP contribution in [-0.2, 0) is 0 Å². The van der Waals surface area contributed by atoms with E-state index in [0.717, 1.165) is 5.56 Å². The van der Waals surface area contributed by atoms with E-state index in [0.29, 0.717) is 17.2 Å². The molecule has 0 aromatic heterocycles. The zero-order valence-electron chi connectivity index (χ0n) is 12.7. The first-order valence-electron chi connectivity index (χ1n) is 7.43. The molecule has 2 atom stereocenters. The van der Waals surface area contributed by atoms with E-state index in [2.05, 4.69) is 39.1 Å². The average molecular weight is 261 g/mol. The largest absolute Gasteiger partial charge is 0.508 e. The number of aromatic hydroxyl groups is 1. The minimum Gasteiger partial charge on any atom is -0.508 e. The molecule has 0 heterocycles. The van der Waals surface area contributed by atoms with Gasteiger partial charge in [-0.1, -0.05) is 38.0 Å². The van der Waals surface area contributed by atoms with Gasteiger partial charge in [0.2, 0.25) is 0 Å². The Labute approximate surface area is 117 Å². The van der Waals surface area contributed by atoms with Gasteiger partial charge in [-0.25, -0.2) is 0 Å². The van der Waals surface area contributed by atoms with Gasteiger partial charge in [0.25, 0.3) is 0 Å². The molecule has 106 valence electrons. The van der Waals surface area contributed by atoms with Crippen LogP contribution in [0.2, 0.25) is 0 Å². The quantitative estimate of drug-likeness (QED) is 0.849. The SMILES string of the molecule is Cc1ccc(O)c(C(C)NC2CCCC(C)(C)C2)c1. The van der Waals surface area contributed by atoms with Gasteiger partial charge in [-0.15, -0.1) is 0 Å². The summed E-state index contributed by atoms with van der Waals surface area (Å²) in [4.78, 5) is 0. The summed E-state index contributed by atoms with van der Waals surface area (Å²) in [7, 11) is 0. The summed E-state index contributed by atoms with van der Waals surface area (Å²) in [5.41, 5.74) is 2.67. The van der Waals surface area contributed by atoms with Crippen LogP contribution in [0.15, 0.2) is 18.2 Å². The Bertz CT molecular complexity index is 439. The smallest absolute Gasteiger partial charge is 0.120 e. The molecule has 0 aliphatic heterocycles. The predicted octanol–water partition coefficient (Wildman–Crippen LogP) is 4.32. The predicted molar refractivity (Wildman–Crippen MR) is 80.4 cm³/mol. The highest BCUT2D eigenvalue weighted by Gasteiger charge is 2.28. The van der Waals surface area contributed by atoms with Crippen LogP contribution >= 0.6 is 0 Å². The van der Waals surface area contributed by atoms with Crippen molar-refractivity contribution in [2.45, 2.75) is 65.5 Å².